The Balaban J connectivity index is 2.41. The molecule has 1 heterocycles. The number of hydrogen-bond acceptors (Lipinski definition) is 5. The smallest absolute Gasteiger partial charge is 0.265 e. The fourth-order valence-electron chi connectivity index (χ4n) is 1.46. The van der Waals surface area contributed by atoms with E-state index in [9.17, 15) is 8.42 Å². The standard InChI is InChI=1S/C11H11IN4O2S/c12-8-3-1-2-4-9(8)16-19(17,18)11-7-14-6-5-10(11)15-13/h1-7,16H,13H2,(H,14,15). The molecule has 2 rings (SSSR count). The number of nitrogens with zero attached hydrogens (tertiary/aromatic N) is 1. The van der Waals surface area contributed by atoms with Crippen LogP contribution in [0.3, 0.4) is 0 Å². The first-order valence-electron chi connectivity index (χ1n) is 5.22. The summed E-state index contributed by atoms with van der Waals surface area (Å²) in [4.78, 5) is 3.80. The Kier molecular flexibility index (Phi) is 4.22. The van der Waals surface area contributed by atoms with Crippen LogP contribution in [0, 0.1) is 3.57 Å². The molecule has 0 unspecified atom stereocenters. The summed E-state index contributed by atoms with van der Waals surface area (Å²) in [5.41, 5.74) is 3.14. The van der Waals surface area contributed by atoms with Gasteiger partial charge < -0.3 is 5.43 Å². The Hall–Kier alpha value is -1.39. The predicted octanol–water partition coefficient (Wildman–Crippen LogP) is 1.77. The van der Waals surface area contributed by atoms with Crippen LogP contribution in [-0.2, 0) is 10.0 Å². The molecule has 0 spiro atoms. The van der Waals surface area contributed by atoms with E-state index in [1.807, 2.05) is 12.1 Å². The largest absolute Gasteiger partial charge is 0.323 e. The Morgan fingerprint density at radius 1 is 1.16 bits per heavy atom. The predicted molar refractivity (Wildman–Crippen MR) is 82.0 cm³/mol. The van der Waals surface area contributed by atoms with Crippen LogP contribution < -0.4 is 16.0 Å². The third kappa shape index (κ3) is 3.14. The summed E-state index contributed by atoms with van der Waals surface area (Å²) in [6.07, 6.45) is 2.70. The molecular formula is C11H11IN4O2S. The first kappa shape index (κ1) is 14.0. The molecule has 0 aliphatic heterocycles. The molecule has 0 bridgehead atoms. The Labute approximate surface area is 124 Å². The van der Waals surface area contributed by atoms with Crippen molar-refractivity contribution in [2.45, 2.75) is 4.90 Å². The Bertz CT molecular complexity index is 691. The summed E-state index contributed by atoms with van der Waals surface area (Å²) in [6, 6.07) is 8.57. The topological polar surface area (TPSA) is 97.1 Å². The number of para-hydroxylation sites is 1. The van der Waals surface area contributed by atoms with E-state index < -0.39 is 10.0 Å². The molecule has 6 nitrogen and oxygen atoms in total. The van der Waals surface area contributed by atoms with Crippen molar-refractivity contribution in [1.82, 2.24) is 4.98 Å². The van der Waals surface area contributed by atoms with Gasteiger partial charge in [-0.15, -0.1) is 0 Å². The third-order valence-corrected chi connectivity index (χ3v) is 4.68. The average Bonchev–Trinajstić information content (AvgIpc) is 2.41. The first-order valence-corrected chi connectivity index (χ1v) is 7.79. The zero-order chi connectivity index (χ0) is 13.9. The number of rotatable bonds is 4. The molecule has 0 aliphatic carbocycles. The highest BCUT2D eigenvalue weighted by Gasteiger charge is 2.19. The SMILES string of the molecule is NNc1ccncc1S(=O)(=O)Nc1ccccc1I. The van der Waals surface area contributed by atoms with Gasteiger partial charge in [-0.25, -0.2) is 8.42 Å². The van der Waals surface area contributed by atoms with Crippen molar-refractivity contribution < 1.29 is 8.42 Å². The minimum atomic E-state index is -3.74. The highest BCUT2D eigenvalue weighted by atomic mass is 127. The Morgan fingerprint density at radius 3 is 2.58 bits per heavy atom. The van der Waals surface area contributed by atoms with Crippen LogP contribution in [0.1, 0.15) is 0 Å². The molecule has 100 valence electrons. The van der Waals surface area contributed by atoms with E-state index in [-0.39, 0.29) is 10.6 Å². The molecule has 0 saturated carbocycles. The van der Waals surface area contributed by atoms with E-state index in [1.165, 1.54) is 18.5 Å². The van der Waals surface area contributed by atoms with Gasteiger partial charge in [-0.05, 0) is 40.8 Å². The van der Waals surface area contributed by atoms with Gasteiger partial charge in [0.15, 0.2) is 0 Å². The molecule has 2 aromatic rings. The lowest BCUT2D eigenvalue weighted by atomic mass is 10.3. The second-order valence-corrected chi connectivity index (χ2v) is 6.41. The van der Waals surface area contributed by atoms with Crippen molar-refractivity contribution in [3.8, 4) is 0 Å². The lowest BCUT2D eigenvalue weighted by molar-refractivity contribution is 0.601. The number of nitrogen functional groups attached to an aromatic ring is 1. The van der Waals surface area contributed by atoms with Gasteiger partial charge >= 0.3 is 0 Å². The van der Waals surface area contributed by atoms with E-state index in [1.54, 1.807) is 12.1 Å². The maximum atomic E-state index is 12.3. The Morgan fingerprint density at radius 2 is 1.89 bits per heavy atom. The molecule has 0 atom stereocenters. The number of hydrogen-bond donors (Lipinski definition) is 3. The minimum absolute atomic E-state index is 0.00264. The van der Waals surface area contributed by atoms with Gasteiger partial charge in [0.2, 0.25) is 0 Å². The van der Waals surface area contributed by atoms with Crippen molar-refractivity contribution >= 4 is 44.0 Å². The number of aromatic nitrogens is 1. The fraction of sp³-hybridized carbons (Fsp3) is 0. The van der Waals surface area contributed by atoms with Crippen LogP contribution in [0.2, 0.25) is 0 Å². The lowest BCUT2D eigenvalue weighted by Crippen LogP contribution is -2.18. The molecule has 1 aromatic carbocycles. The monoisotopic (exact) mass is 390 g/mol. The van der Waals surface area contributed by atoms with Crippen molar-refractivity contribution in [1.29, 1.82) is 0 Å². The van der Waals surface area contributed by atoms with Gasteiger partial charge in [0.1, 0.15) is 4.90 Å². The highest BCUT2D eigenvalue weighted by molar-refractivity contribution is 14.1. The number of nitrogens with two attached hydrogens (primary N) is 1. The van der Waals surface area contributed by atoms with Gasteiger partial charge in [0.25, 0.3) is 10.0 Å². The minimum Gasteiger partial charge on any atom is -0.323 e. The van der Waals surface area contributed by atoms with Crippen molar-refractivity contribution in [3.05, 3.63) is 46.3 Å². The lowest BCUT2D eigenvalue weighted by Gasteiger charge is -2.12. The quantitative estimate of drug-likeness (QED) is 0.420. The van der Waals surface area contributed by atoms with Gasteiger partial charge in [-0.3, -0.25) is 15.5 Å². The summed E-state index contributed by atoms with van der Waals surface area (Å²) < 4.78 is 27.9. The number of halogens is 1. The van der Waals surface area contributed by atoms with Crippen LogP contribution >= 0.6 is 22.6 Å². The second-order valence-electron chi connectivity index (χ2n) is 3.60. The summed E-state index contributed by atoms with van der Waals surface area (Å²) >= 11 is 2.05. The number of hydrazine groups is 1. The van der Waals surface area contributed by atoms with Crippen LogP contribution in [0.5, 0.6) is 0 Å². The second kappa shape index (κ2) is 5.72. The number of sulfonamides is 1. The molecule has 0 saturated heterocycles. The van der Waals surface area contributed by atoms with Crippen LogP contribution in [-0.4, -0.2) is 13.4 Å². The van der Waals surface area contributed by atoms with E-state index >= 15 is 0 Å². The highest BCUT2D eigenvalue weighted by Crippen LogP contribution is 2.24. The zero-order valence-corrected chi connectivity index (χ0v) is 12.6. The summed E-state index contributed by atoms with van der Waals surface area (Å²) in [5.74, 6) is 5.30. The molecule has 1 aromatic heterocycles. The number of benzene rings is 1. The number of pyridine rings is 1. The van der Waals surface area contributed by atoms with Gasteiger partial charge in [-0.2, -0.15) is 0 Å². The maximum Gasteiger partial charge on any atom is 0.265 e. The summed E-state index contributed by atoms with van der Waals surface area (Å²) in [6.45, 7) is 0. The third-order valence-electron chi connectivity index (χ3n) is 2.35. The molecule has 0 amide bonds. The van der Waals surface area contributed by atoms with Crippen molar-refractivity contribution in [2.24, 2.45) is 5.84 Å². The van der Waals surface area contributed by atoms with E-state index in [4.69, 9.17) is 5.84 Å². The maximum absolute atomic E-state index is 12.3. The normalized spacial score (nSPS) is 11.1. The van der Waals surface area contributed by atoms with Crippen molar-refractivity contribution in [2.75, 3.05) is 10.1 Å². The van der Waals surface area contributed by atoms with Crippen LogP contribution in [0.4, 0.5) is 11.4 Å². The van der Waals surface area contributed by atoms with Gasteiger partial charge in [0, 0.05) is 16.0 Å². The molecule has 8 heteroatoms. The number of nitrogens with one attached hydrogen (secondary N) is 2. The fourth-order valence-corrected chi connectivity index (χ4v) is 3.36. The van der Waals surface area contributed by atoms with E-state index in [2.05, 4.69) is 37.7 Å². The molecule has 0 radical (unpaired) electrons. The molecule has 0 aliphatic rings. The zero-order valence-electron chi connectivity index (χ0n) is 9.67. The summed E-state index contributed by atoms with van der Waals surface area (Å²) in [7, 11) is -3.74. The van der Waals surface area contributed by atoms with E-state index in [0.717, 1.165) is 3.57 Å². The molecular weight excluding hydrogens is 379 g/mol. The van der Waals surface area contributed by atoms with Crippen LogP contribution in [0.25, 0.3) is 0 Å². The first-order chi connectivity index (χ1) is 9.04. The average molecular weight is 390 g/mol. The van der Waals surface area contributed by atoms with E-state index in [0.29, 0.717) is 5.69 Å². The molecule has 4 N–H and O–H groups in total. The molecule has 0 fully saturated rings. The van der Waals surface area contributed by atoms with Crippen LogP contribution in [0.15, 0.2) is 47.6 Å². The van der Waals surface area contributed by atoms with Crippen molar-refractivity contribution in [3.63, 3.8) is 0 Å². The van der Waals surface area contributed by atoms with Gasteiger partial charge in [-0.1, -0.05) is 12.1 Å². The van der Waals surface area contributed by atoms with Gasteiger partial charge in [0.05, 0.1) is 11.4 Å². The molecule has 19 heavy (non-hydrogen) atoms. The summed E-state index contributed by atoms with van der Waals surface area (Å²) in [5, 5.41) is 0. The number of anilines is 2.